The van der Waals surface area contributed by atoms with Crippen molar-refractivity contribution >= 4 is 17.2 Å². The molecule has 1 N–H and O–H groups in total. The molecule has 164 valence electrons. The zero-order valence-corrected chi connectivity index (χ0v) is 16.9. The third-order valence-corrected chi connectivity index (χ3v) is 4.69. The predicted octanol–water partition coefficient (Wildman–Crippen LogP) is 5.19. The number of hydrogen-bond donors (Lipinski definition) is 1. The summed E-state index contributed by atoms with van der Waals surface area (Å²) < 4.78 is 51.2. The summed E-state index contributed by atoms with van der Waals surface area (Å²) in [5.41, 5.74) is 1.18. The van der Waals surface area contributed by atoms with Crippen LogP contribution in [0.25, 0.3) is 5.65 Å². The van der Waals surface area contributed by atoms with Gasteiger partial charge in [-0.05, 0) is 48.5 Å². The second kappa shape index (κ2) is 8.62. The lowest BCUT2D eigenvalue weighted by atomic mass is 10.1. The topological polar surface area (TPSA) is 64.9 Å². The molecule has 9 heteroatoms. The number of hydrogen-bond acceptors (Lipinski definition) is 4. The molecule has 0 aliphatic heterocycles. The summed E-state index contributed by atoms with van der Waals surface area (Å²) >= 11 is 0. The Balaban J connectivity index is 1.48. The number of fused-ring (bicyclic) bond motifs is 1. The molecule has 0 bridgehead atoms. The van der Waals surface area contributed by atoms with E-state index < -0.39 is 17.6 Å². The number of carbonyl (C=O) groups excluding carboxylic acids is 1. The van der Waals surface area contributed by atoms with E-state index in [2.05, 4.69) is 10.3 Å². The van der Waals surface area contributed by atoms with Gasteiger partial charge in [0, 0.05) is 29.7 Å². The number of amides is 1. The Kier molecular flexibility index (Phi) is 5.72. The minimum Gasteiger partial charge on any atom is -0.493 e. The van der Waals surface area contributed by atoms with Crippen molar-refractivity contribution in [1.29, 1.82) is 0 Å². The summed E-state index contributed by atoms with van der Waals surface area (Å²) in [6.45, 7) is 0.175. The first-order chi connectivity index (χ1) is 15.3. The summed E-state index contributed by atoms with van der Waals surface area (Å²) in [5.74, 6) is 0.297. The second-order valence-corrected chi connectivity index (χ2v) is 6.88. The first kappa shape index (κ1) is 21.2. The molecule has 4 rings (SSSR count). The minimum atomic E-state index is -4.46. The van der Waals surface area contributed by atoms with Gasteiger partial charge in [0.2, 0.25) is 0 Å². The number of pyridine rings is 1. The summed E-state index contributed by atoms with van der Waals surface area (Å²) in [4.78, 5) is 16.9. The Hall–Kier alpha value is -4.01. The average molecular weight is 441 g/mol. The van der Waals surface area contributed by atoms with Crippen LogP contribution in [0.15, 0.2) is 73.1 Å². The van der Waals surface area contributed by atoms with Crippen LogP contribution in [0.4, 0.5) is 18.9 Å². The average Bonchev–Trinajstić information content (AvgIpc) is 3.20. The fourth-order valence-corrected chi connectivity index (χ4v) is 3.09. The van der Waals surface area contributed by atoms with Crippen LogP contribution in [-0.2, 0) is 12.8 Å². The number of carbonyl (C=O) groups is 1. The molecule has 32 heavy (non-hydrogen) atoms. The Labute approximate surface area is 181 Å². The highest BCUT2D eigenvalue weighted by Crippen LogP contribution is 2.32. The molecule has 2 aromatic carbocycles. The highest BCUT2D eigenvalue weighted by molar-refractivity contribution is 6.04. The van der Waals surface area contributed by atoms with Crippen LogP contribution in [0, 0.1) is 0 Å². The first-order valence-electron chi connectivity index (χ1n) is 9.55. The van der Waals surface area contributed by atoms with Crippen molar-refractivity contribution in [1.82, 2.24) is 9.38 Å². The van der Waals surface area contributed by atoms with Crippen LogP contribution in [0.1, 0.15) is 21.6 Å². The maximum atomic E-state index is 12.7. The molecule has 2 aromatic heterocycles. The molecular weight excluding hydrogens is 423 g/mol. The molecule has 0 aliphatic carbocycles. The number of nitrogens with one attached hydrogen (secondary N) is 1. The lowest BCUT2D eigenvalue weighted by Crippen LogP contribution is -2.13. The maximum Gasteiger partial charge on any atom is 0.416 e. The third kappa shape index (κ3) is 4.66. The van der Waals surface area contributed by atoms with Crippen LogP contribution in [0.5, 0.6) is 11.5 Å². The van der Waals surface area contributed by atoms with Crippen molar-refractivity contribution in [2.24, 2.45) is 0 Å². The number of ether oxygens (including phenoxy) is 2. The monoisotopic (exact) mass is 441 g/mol. The Bertz CT molecular complexity index is 1220. The number of rotatable bonds is 6. The molecule has 0 radical (unpaired) electrons. The zero-order chi connectivity index (χ0) is 22.7. The van der Waals surface area contributed by atoms with Crippen molar-refractivity contribution < 1.29 is 27.4 Å². The van der Waals surface area contributed by atoms with Gasteiger partial charge in [0.1, 0.15) is 12.3 Å². The number of aromatic nitrogens is 2. The number of anilines is 1. The van der Waals surface area contributed by atoms with Gasteiger partial charge in [-0.25, -0.2) is 4.98 Å². The van der Waals surface area contributed by atoms with Gasteiger partial charge in [-0.15, -0.1) is 0 Å². The first-order valence-corrected chi connectivity index (χ1v) is 9.55. The van der Waals surface area contributed by atoms with E-state index in [-0.39, 0.29) is 12.2 Å². The molecule has 2 heterocycles. The van der Waals surface area contributed by atoms with Gasteiger partial charge >= 0.3 is 6.18 Å². The molecule has 0 aliphatic rings. The fourth-order valence-electron chi connectivity index (χ4n) is 3.09. The van der Waals surface area contributed by atoms with E-state index >= 15 is 0 Å². The quantitative estimate of drug-likeness (QED) is 0.447. The van der Waals surface area contributed by atoms with E-state index in [9.17, 15) is 18.0 Å². The molecule has 0 atom stereocenters. The SMILES string of the molecule is COc1ccc(NC(=O)c2ccc(C(F)(F)F)cc2)cc1OCc1cn2ccccc2n1. The molecule has 1 amide bonds. The van der Waals surface area contributed by atoms with E-state index in [0.29, 0.717) is 22.9 Å². The van der Waals surface area contributed by atoms with Crippen molar-refractivity contribution in [3.05, 3.63) is 89.9 Å². The van der Waals surface area contributed by atoms with Gasteiger partial charge in [0.15, 0.2) is 11.5 Å². The number of imidazole rings is 1. The summed E-state index contributed by atoms with van der Waals surface area (Å²) in [5, 5.41) is 2.65. The van der Waals surface area contributed by atoms with Crippen LogP contribution in [0.3, 0.4) is 0 Å². The van der Waals surface area contributed by atoms with Crippen molar-refractivity contribution in [3.63, 3.8) is 0 Å². The van der Waals surface area contributed by atoms with Crippen LogP contribution < -0.4 is 14.8 Å². The van der Waals surface area contributed by atoms with E-state index in [1.807, 2.05) is 35.0 Å². The molecule has 0 fully saturated rings. The van der Waals surface area contributed by atoms with E-state index in [1.54, 1.807) is 18.2 Å². The van der Waals surface area contributed by atoms with Gasteiger partial charge < -0.3 is 19.2 Å². The number of nitrogens with zero attached hydrogens (tertiary/aromatic N) is 2. The molecule has 4 aromatic rings. The summed E-state index contributed by atoms with van der Waals surface area (Å²) in [6.07, 6.45) is -0.736. The van der Waals surface area contributed by atoms with Crippen LogP contribution in [-0.4, -0.2) is 22.4 Å². The second-order valence-electron chi connectivity index (χ2n) is 6.88. The molecular formula is C23H18F3N3O3. The number of methoxy groups -OCH3 is 1. The Morgan fingerprint density at radius 2 is 1.84 bits per heavy atom. The van der Waals surface area contributed by atoms with Gasteiger partial charge in [0.25, 0.3) is 5.91 Å². The predicted molar refractivity (Wildman–Crippen MR) is 112 cm³/mol. The van der Waals surface area contributed by atoms with Gasteiger partial charge in [-0.1, -0.05) is 6.07 Å². The minimum absolute atomic E-state index is 0.0981. The number of halogens is 3. The van der Waals surface area contributed by atoms with Crippen molar-refractivity contribution in [3.8, 4) is 11.5 Å². The largest absolute Gasteiger partial charge is 0.493 e. The fraction of sp³-hybridized carbons (Fsp3) is 0.130. The van der Waals surface area contributed by atoms with E-state index in [1.165, 1.54) is 7.11 Å². The molecule has 0 saturated carbocycles. The molecule has 6 nitrogen and oxygen atoms in total. The van der Waals surface area contributed by atoms with E-state index in [4.69, 9.17) is 9.47 Å². The zero-order valence-electron chi connectivity index (χ0n) is 16.9. The van der Waals surface area contributed by atoms with Crippen LogP contribution in [0.2, 0.25) is 0 Å². The number of alkyl halides is 3. The van der Waals surface area contributed by atoms with Gasteiger partial charge in [-0.3, -0.25) is 4.79 Å². The molecule has 0 saturated heterocycles. The van der Waals surface area contributed by atoms with Crippen molar-refractivity contribution in [2.75, 3.05) is 12.4 Å². The molecule has 0 unspecified atom stereocenters. The normalized spacial score (nSPS) is 11.4. The van der Waals surface area contributed by atoms with Crippen molar-refractivity contribution in [2.45, 2.75) is 12.8 Å². The lowest BCUT2D eigenvalue weighted by Gasteiger charge is -2.13. The Morgan fingerprint density at radius 3 is 2.53 bits per heavy atom. The summed E-state index contributed by atoms with van der Waals surface area (Å²) in [6, 6.07) is 14.5. The lowest BCUT2D eigenvalue weighted by molar-refractivity contribution is -0.137. The van der Waals surface area contributed by atoms with Gasteiger partial charge in [-0.2, -0.15) is 13.2 Å². The summed E-state index contributed by atoms with van der Waals surface area (Å²) in [7, 11) is 1.49. The maximum absolute atomic E-state index is 12.7. The standard InChI is InChI=1S/C23H18F3N3O3/c1-31-19-10-9-17(28-22(30)15-5-7-16(8-6-15)23(24,25)26)12-20(19)32-14-18-13-29-11-3-2-4-21(29)27-18/h2-13H,14H2,1H3,(H,28,30). The van der Waals surface area contributed by atoms with E-state index in [0.717, 1.165) is 29.9 Å². The smallest absolute Gasteiger partial charge is 0.416 e. The van der Waals surface area contributed by atoms with Crippen LogP contribution >= 0.6 is 0 Å². The number of benzene rings is 2. The third-order valence-electron chi connectivity index (χ3n) is 4.69. The molecule has 0 spiro atoms. The highest BCUT2D eigenvalue weighted by atomic mass is 19.4. The highest BCUT2D eigenvalue weighted by Gasteiger charge is 2.30. The van der Waals surface area contributed by atoms with Gasteiger partial charge in [0.05, 0.1) is 18.4 Å². The Morgan fingerprint density at radius 1 is 1.06 bits per heavy atom.